The van der Waals surface area contributed by atoms with E-state index < -0.39 is 11.9 Å². The Morgan fingerprint density at radius 1 is 1.26 bits per heavy atom. The van der Waals surface area contributed by atoms with Crippen molar-refractivity contribution in [3.63, 3.8) is 0 Å². The van der Waals surface area contributed by atoms with Crippen molar-refractivity contribution in [2.75, 3.05) is 13.1 Å². The van der Waals surface area contributed by atoms with Crippen molar-refractivity contribution in [3.05, 3.63) is 62.9 Å². The monoisotopic (exact) mass is 406 g/mol. The molecular formula is C20H17Cl2FN2O2. The van der Waals surface area contributed by atoms with Crippen LogP contribution < -0.4 is 4.74 Å². The first kappa shape index (κ1) is 18.5. The van der Waals surface area contributed by atoms with E-state index in [1.807, 2.05) is 12.1 Å². The summed E-state index contributed by atoms with van der Waals surface area (Å²) in [5, 5.41) is 19.9. The van der Waals surface area contributed by atoms with Gasteiger partial charge in [0.2, 0.25) is 0 Å². The summed E-state index contributed by atoms with van der Waals surface area (Å²) in [7, 11) is 0. The van der Waals surface area contributed by atoms with Crippen molar-refractivity contribution in [2.45, 2.75) is 31.1 Å². The molecule has 0 aromatic heterocycles. The van der Waals surface area contributed by atoms with Gasteiger partial charge in [0.1, 0.15) is 6.10 Å². The molecule has 140 valence electrons. The average Bonchev–Trinajstić information content (AvgIpc) is 3.21. The Kier molecular flexibility index (Phi) is 5.00. The first-order valence-electron chi connectivity index (χ1n) is 8.72. The second-order valence-electron chi connectivity index (χ2n) is 6.96. The Labute approximate surface area is 166 Å². The summed E-state index contributed by atoms with van der Waals surface area (Å²) in [6.45, 7) is 1.28. The smallest absolute Gasteiger partial charge is 0.166 e. The van der Waals surface area contributed by atoms with E-state index in [2.05, 4.69) is 4.90 Å². The van der Waals surface area contributed by atoms with Gasteiger partial charge in [-0.1, -0.05) is 23.2 Å². The molecule has 0 saturated carbocycles. The summed E-state index contributed by atoms with van der Waals surface area (Å²) in [6.07, 6.45) is 0.490. The first-order valence-corrected chi connectivity index (χ1v) is 9.48. The molecule has 1 aliphatic heterocycles. The molecule has 2 aliphatic rings. The number of halogens is 3. The van der Waals surface area contributed by atoms with Crippen molar-refractivity contribution >= 4 is 23.2 Å². The highest BCUT2D eigenvalue weighted by molar-refractivity contribution is 6.35. The van der Waals surface area contributed by atoms with Crippen LogP contribution in [0.25, 0.3) is 0 Å². The number of benzene rings is 2. The van der Waals surface area contributed by atoms with Crippen LogP contribution in [0.5, 0.6) is 5.75 Å². The molecule has 4 nitrogen and oxygen atoms in total. The van der Waals surface area contributed by atoms with Gasteiger partial charge in [0.15, 0.2) is 11.6 Å². The second kappa shape index (κ2) is 7.29. The molecule has 2 aromatic rings. The summed E-state index contributed by atoms with van der Waals surface area (Å²) >= 11 is 12.6. The number of likely N-dealkylation sites (tertiary alicyclic amines) is 1. The molecule has 1 aliphatic carbocycles. The van der Waals surface area contributed by atoms with Crippen LogP contribution in [0.4, 0.5) is 4.39 Å². The molecule has 7 heteroatoms. The summed E-state index contributed by atoms with van der Waals surface area (Å²) in [5.74, 6) is -0.511. The fourth-order valence-electron chi connectivity index (χ4n) is 3.95. The third-order valence-corrected chi connectivity index (χ3v) is 5.80. The highest BCUT2D eigenvalue weighted by Gasteiger charge is 2.41. The lowest BCUT2D eigenvalue weighted by Gasteiger charge is -2.30. The van der Waals surface area contributed by atoms with Crippen LogP contribution >= 0.6 is 23.2 Å². The first-order chi connectivity index (χ1) is 13.0. The van der Waals surface area contributed by atoms with E-state index in [0.717, 1.165) is 23.7 Å². The molecule has 2 aromatic carbocycles. The molecule has 3 atom stereocenters. The molecule has 1 fully saturated rings. The maximum atomic E-state index is 14.4. The molecule has 27 heavy (non-hydrogen) atoms. The van der Waals surface area contributed by atoms with Gasteiger partial charge < -0.3 is 9.84 Å². The van der Waals surface area contributed by atoms with Gasteiger partial charge in [-0.05, 0) is 48.7 Å². The number of nitrogens with zero attached hydrogens (tertiary/aromatic N) is 2. The minimum absolute atomic E-state index is 0.0766. The molecule has 0 spiro atoms. The number of nitriles is 1. The molecule has 1 N–H and O–H groups in total. The lowest BCUT2D eigenvalue weighted by Crippen LogP contribution is -2.39. The third-order valence-electron chi connectivity index (χ3n) is 5.24. The summed E-state index contributed by atoms with van der Waals surface area (Å²) < 4.78 is 20.5. The van der Waals surface area contributed by atoms with Crippen molar-refractivity contribution in [1.29, 1.82) is 5.26 Å². The van der Waals surface area contributed by atoms with E-state index in [1.54, 1.807) is 6.07 Å². The Morgan fingerprint density at radius 3 is 2.74 bits per heavy atom. The van der Waals surface area contributed by atoms with Gasteiger partial charge in [-0.25, -0.2) is 4.39 Å². The van der Waals surface area contributed by atoms with Gasteiger partial charge in [-0.15, -0.1) is 0 Å². The van der Waals surface area contributed by atoms with Crippen LogP contribution in [0, 0.1) is 17.1 Å². The number of aliphatic hydroxyl groups excluding tert-OH is 1. The highest BCUT2D eigenvalue weighted by atomic mass is 35.5. The predicted octanol–water partition coefficient (Wildman–Crippen LogP) is 4.12. The topological polar surface area (TPSA) is 56.5 Å². The maximum absolute atomic E-state index is 14.4. The van der Waals surface area contributed by atoms with E-state index in [0.29, 0.717) is 29.4 Å². The number of β-amino-alcohol motifs (C(OH)–C–C–N with tert-alkyl or cyclic N) is 1. The van der Waals surface area contributed by atoms with Crippen LogP contribution in [0.2, 0.25) is 10.0 Å². The fourth-order valence-corrected chi connectivity index (χ4v) is 4.54. The van der Waals surface area contributed by atoms with E-state index in [4.69, 9.17) is 33.2 Å². The number of hydrogen-bond donors (Lipinski definition) is 1. The normalized spacial score (nSPS) is 24.6. The number of fused-ring (bicyclic) bond motifs is 1. The minimum Gasteiger partial charge on any atom is -0.481 e. The van der Waals surface area contributed by atoms with Crippen molar-refractivity contribution in [2.24, 2.45) is 0 Å². The van der Waals surface area contributed by atoms with E-state index in [9.17, 15) is 9.50 Å². The minimum atomic E-state index is -0.587. The quantitative estimate of drug-likeness (QED) is 0.832. The van der Waals surface area contributed by atoms with Crippen molar-refractivity contribution in [1.82, 2.24) is 4.90 Å². The van der Waals surface area contributed by atoms with Crippen molar-refractivity contribution in [3.8, 4) is 11.8 Å². The molecular weight excluding hydrogens is 390 g/mol. The summed E-state index contributed by atoms with van der Waals surface area (Å²) in [6, 6.07) is 9.48. The average molecular weight is 407 g/mol. The Balaban J connectivity index is 1.71. The standard InChI is InChI=1S/C20H17Cl2FN2O2/c21-12-6-15-14(16(22)7-12)8-18(25-4-3-13(26)10-25)20(15)27-19-2-1-11(9-24)5-17(19)23/h1-2,5-7,13,18,20,26H,3-4,8,10H2/t13-,18+,20-/m0/s1. The molecule has 0 bridgehead atoms. The van der Waals surface area contributed by atoms with Gasteiger partial charge in [0.05, 0.1) is 23.8 Å². The molecule has 0 amide bonds. The van der Waals surface area contributed by atoms with Gasteiger partial charge >= 0.3 is 0 Å². The fraction of sp³-hybridized carbons (Fsp3) is 0.350. The van der Waals surface area contributed by atoms with Crippen LogP contribution in [0.15, 0.2) is 30.3 Å². The van der Waals surface area contributed by atoms with Gasteiger partial charge in [-0.3, -0.25) is 4.90 Å². The molecule has 4 rings (SSSR count). The molecule has 0 unspecified atom stereocenters. The lowest BCUT2D eigenvalue weighted by molar-refractivity contribution is 0.0790. The van der Waals surface area contributed by atoms with Crippen LogP contribution in [0.1, 0.15) is 29.2 Å². The Morgan fingerprint density at radius 2 is 2.07 bits per heavy atom. The second-order valence-corrected chi connectivity index (χ2v) is 7.80. The summed E-state index contributed by atoms with van der Waals surface area (Å²) in [4.78, 5) is 2.15. The van der Waals surface area contributed by atoms with Gasteiger partial charge in [0, 0.05) is 28.7 Å². The van der Waals surface area contributed by atoms with Crippen LogP contribution in [-0.2, 0) is 6.42 Å². The number of hydrogen-bond acceptors (Lipinski definition) is 4. The zero-order valence-electron chi connectivity index (χ0n) is 14.3. The molecule has 0 radical (unpaired) electrons. The molecule has 1 saturated heterocycles. The van der Waals surface area contributed by atoms with Gasteiger partial charge in [0.25, 0.3) is 0 Å². The number of rotatable bonds is 3. The Hall–Kier alpha value is -1.84. The maximum Gasteiger partial charge on any atom is 0.166 e. The zero-order valence-corrected chi connectivity index (χ0v) is 15.8. The van der Waals surface area contributed by atoms with Gasteiger partial charge in [-0.2, -0.15) is 5.26 Å². The van der Waals surface area contributed by atoms with E-state index in [-0.39, 0.29) is 23.5 Å². The molecule has 1 heterocycles. The highest BCUT2D eigenvalue weighted by Crippen LogP contribution is 2.43. The lowest BCUT2D eigenvalue weighted by atomic mass is 10.1. The SMILES string of the molecule is N#Cc1ccc(O[C@H]2c3cc(Cl)cc(Cl)c3C[C@H]2N2CC[C@H](O)C2)c(F)c1. The summed E-state index contributed by atoms with van der Waals surface area (Å²) in [5.41, 5.74) is 2.01. The van der Waals surface area contributed by atoms with E-state index in [1.165, 1.54) is 12.1 Å². The number of ether oxygens (including phenoxy) is 1. The Bertz CT molecular complexity index is 931. The van der Waals surface area contributed by atoms with E-state index >= 15 is 0 Å². The van der Waals surface area contributed by atoms with Crippen LogP contribution in [0.3, 0.4) is 0 Å². The zero-order chi connectivity index (χ0) is 19.1. The van der Waals surface area contributed by atoms with Crippen LogP contribution in [-0.4, -0.2) is 35.2 Å². The third kappa shape index (κ3) is 3.51. The predicted molar refractivity (Wildman–Crippen MR) is 101 cm³/mol. The van der Waals surface area contributed by atoms with Crippen molar-refractivity contribution < 1.29 is 14.2 Å². The largest absolute Gasteiger partial charge is 0.481 e. The number of aliphatic hydroxyl groups is 1.